The zero-order chi connectivity index (χ0) is 11.1. The second-order valence-corrected chi connectivity index (χ2v) is 4.59. The number of likely N-dealkylation sites (tertiary alicyclic amines) is 1. The van der Waals surface area contributed by atoms with E-state index in [0.717, 1.165) is 13.1 Å². The summed E-state index contributed by atoms with van der Waals surface area (Å²) in [6.45, 7) is 4.80. The molecule has 15 heavy (non-hydrogen) atoms. The number of amides is 1. The summed E-state index contributed by atoms with van der Waals surface area (Å²) in [6, 6.07) is 0.0167. The fraction of sp³-hybridized carbons (Fsp3) is 0.909. The Balaban J connectivity index is 2.35. The van der Waals surface area contributed by atoms with Crippen molar-refractivity contribution in [1.29, 1.82) is 0 Å². The highest BCUT2D eigenvalue weighted by Crippen LogP contribution is 2.12. The summed E-state index contributed by atoms with van der Waals surface area (Å²) >= 11 is 4.08. The number of hydrogen-bond donors (Lipinski definition) is 2. The predicted molar refractivity (Wildman–Crippen MR) is 66.4 cm³/mol. The molecule has 1 fully saturated rings. The van der Waals surface area contributed by atoms with Crippen LogP contribution in [0.2, 0.25) is 0 Å². The van der Waals surface area contributed by atoms with Gasteiger partial charge in [-0.1, -0.05) is 12.8 Å². The first-order valence-corrected chi connectivity index (χ1v) is 6.51. The quantitative estimate of drug-likeness (QED) is 0.714. The maximum atomic E-state index is 11.7. The third-order valence-corrected chi connectivity index (χ3v) is 3.20. The molecule has 0 bridgehead atoms. The summed E-state index contributed by atoms with van der Waals surface area (Å²) in [7, 11) is 0. The van der Waals surface area contributed by atoms with Crippen LogP contribution in [-0.2, 0) is 4.79 Å². The first kappa shape index (κ1) is 12.8. The summed E-state index contributed by atoms with van der Waals surface area (Å²) in [4.78, 5) is 14.0. The lowest BCUT2D eigenvalue weighted by molar-refractivity contribution is -0.125. The minimum absolute atomic E-state index is 0.0167. The van der Waals surface area contributed by atoms with Crippen LogP contribution in [0.4, 0.5) is 0 Å². The van der Waals surface area contributed by atoms with Crippen LogP contribution in [-0.4, -0.2) is 42.2 Å². The molecule has 3 nitrogen and oxygen atoms in total. The molecule has 0 radical (unpaired) electrons. The van der Waals surface area contributed by atoms with Gasteiger partial charge in [0, 0.05) is 12.3 Å². The molecule has 1 rings (SSSR count). The van der Waals surface area contributed by atoms with Crippen LogP contribution in [0.1, 0.15) is 32.6 Å². The van der Waals surface area contributed by atoms with Crippen molar-refractivity contribution in [3.05, 3.63) is 0 Å². The summed E-state index contributed by atoms with van der Waals surface area (Å²) in [5.74, 6) is 0.851. The summed E-state index contributed by atoms with van der Waals surface area (Å²) in [5, 5.41) is 2.89. The molecule has 1 aliphatic rings. The third-order valence-electron chi connectivity index (χ3n) is 2.98. The van der Waals surface area contributed by atoms with E-state index in [-0.39, 0.29) is 11.9 Å². The second kappa shape index (κ2) is 7.12. The van der Waals surface area contributed by atoms with Gasteiger partial charge in [-0.2, -0.15) is 12.6 Å². The zero-order valence-corrected chi connectivity index (χ0v) is 10.4. The van der Waals surface area contributed by atoms with Crippen molar-refractivity contribution in [1.82, 2.24) is 10.2 Å². The molecule has 1 saturated heterocycles. The van der Waals surface area contributed by atoms with Gasteiger partial charge in [0.1, 0.15) is 0 Å². The van der Waals surface area contributed by atoms with Crippen LogP contribution < -0.4 is 5.32 Å². The minimum atomic E-state index is 0.0167. The number of thiol groups is 1. The van der Waals surface area contributed by atoms with E-state index in [4.69, 9.17) is 0 Å². The summed E-state index contributed by atoms with van der Waals surface area (Å²) < 4.78 is 0. The molecule has 0 aliphatic carbocycles. The number of nitrogens with zero attached hydrogens (tertiary/aromatic N) is 1. The van der Waals surface area contributed by atoms with Gasteiger partial charge in [-0.05, 0) is 32.9 Å². The lowest BCUT2D eigenvalue weighted by Crippen LogP contribution is -2.45. The van der Waals surface area contributed by atoms with E-state index in [2.05, 4.69) is 22.8 Å². The third kappa shape index (κ3) is 4.43. The van der Waals surface area contributed by atoms with Gasteiger partial charge in [-0.3, -0.25) is 9.69 Å². The molecule has 1 N–H and O–H groups in total. The van der Waals surface area contributed by atoms with E-state index in [9.17, 15) is 4.79 Å². The van der Waals surface area contributed by atoms with Crippen LogP contribution in [0.25, 0.3) is 0 Å². The van der Waals surface area contributed by atoms with Gasteiger partial charge in [0.15, 0.2) is 0 Å². The second-order valence-electron chi connectivity index (χ2n) is 4.14. The van der Waals surface area contributed by atoms with Gasteiger partial charge in [0.25, 0.3) is 0 Å². The number of carbonyl (C=O) groups excluding carboxylic acids is 1. The van der Waals surface area contributed by atoms with Gasteiger partial charge in [-0.25, -0.2) is 0 Å². The Morgan fingerprint density at radius 2 is 1.93 bits per heavy atom. The van der Waals surface area contributed by atoms with Crippen molar-refractivity contribution < 1.29 is 4.79 Å². The molecule has 0 aromatic carbocycles. The van der Waals surface area contributed by atoms with Gasteiger partial charge in [0.05, 0.1) is 6.04 Å². The Morgan fingerprint density at radius 3 is 2.47 bits per heavy atom. The maximum absolute atomic E-state index is 11.7. The normalized spacial score (nSPS) is 20.7. The Kier molecular flexibility index (Phi) is 6.10. The minimum Gasteiger partial charge on any atom is -0.354 e. The Hall–Kier alpha value is -0.220. The van der Waals surface area contributed by atoms with Crippen molar-refractivity contribution in [3.8, 4) is 0 Å². The van der Waals surface area contributed by atoms with Crippen LogP contribution in [0, 0.1) is 0 Å². The van der Waals surface area contributed by atoms with Crippen LogP contribution >= 0.6 is 12.6 Å². The highest BCUT2D eigenvalue weighted by atomic mass is 32.1. The monoisotopic (exact) mass is 230 g/mol. The van der Waals surface area contributed by atoms with Crippen molar-refractivity contribution in [2.24, 2.45) is 0 Å². The molecular formula is C11H22N2OS. The average molecular weight is 230 g/mol. The SMILES string of the molecule is CC(C(=O)NCCS)N1CCCCCC1. The largest absolute Gasteiger partial charge is 0.354 e. The molecule has 1 heterocycles. The molecule has 4 heteroatoms. The highest BCUT2D eigenvalue weighted by Gasteiger charge is 2.21. The number of carbonyl (C=O) groups is 1. The number of rotatable bonds is 4. The molecular weight excluding hydrogens is 208 g/mol. The number of hydrogen-bond acceptors (Lipinski definition) is 3. The first-order valence-electron chi connectivity index (χ1n) is 5.88. The highest BCUT2D eigenvalue weighted by molar-refractivity contribution is 7.80. The van der Waals surface area contributed by atoms with Gasteiger partial charge in [0.2, 0.25) is 5.91 Å². The van der Waals surface area contributed by atoms with Crippen LogP contribution in [0.3, 0.4) is 0 Å². The standard InChI is InChI=1S/C11H22N2OS/c1-10(11(14)12-6-9-15)13-7-4-2-3-5-8-13/h10,15H,2-9H2,1H3,(H,12,14). The summed E-state index contributed by atoms with van der Waals surface area (Å²) in [5.41, 5.74) is 0. The average Bonchev–Trinajstić information content (AvgIpc) is 2.53. The molecule has 1 unspecified atom stereocenters. The fourth-order valence-corrected chi connectivity index (χ4v) is 2.09. The molecule has 88 valence electrons. The van der Waals surface area contributed by atoms with Gasteiger partial charge < -0.3 is 5.32 Å². The molecule has 1 aliphatic heterocycles. The van der Waals surface area contributed by atoms with Crippen molar-refractivity contribution in [2.75, 3.05) is 25.4 Å². The molecule has 0 aromatic rings. The lowest BCUT2D eigenvalue weighted by atomic mass is 10.2. The van der Waals surface area contributed by atoms with Crippen LogP contribution in [0.15, 0.2) is 0 Å². The van der Waals surface area contributed by atoms with E-state index in [1.165, 1.54) is 25.7 Å². The molecule has 0 saturated carbocycles. The number of nitrogens with one attached hydrogen (secondary N) is 1. The molecule has 0 spiro atoms. The lowest BCUT2D eigenvalue weighted by Gasteiger charge is -2.26. The predicted octanol–water partition coefficient (Wildman–Crippen LogP) is 1.30. The molecule has 0 aromatic heterocycles. The topological polar surface area (TPSA) is 32.3 Å². The zero-order valence-electron chi connectivity index (χ0n) is 9.54. The van der Waals surface area contributed by atoms with Crippen molar-refractivity contribution in [2.45, 2.75) is 38.6 Å². The van der Waals surface area contributed by atoms with Gasteiger partial charge in [-0.15, -0.1) is 0 Å². The Morgan fingerprint density at radius 1 is 1.33 bits per heavy atom. The van der Waals surface area contributed by atoms with Crippen molar-refractivity contribution >= 4 is 18.5 Å². The molecule has 1 amide bonds. The first-order chi connectivity index (χ1) is 7.25. The van der Waals surface area contributed by atoms with E-state index >= 15 is 0 Å². The van der Waals surface area contributed by atoms with E-state index in [0.29, 0.717) is 12.3 Å². The smallest absolute Gasteiger partial charge is 0.237 e. The van der Waals surface area contributed by atoms with Crippen LogP contribution in [0.5, 0.6) is 0 Å². The maximum Gasteiger partial charge on any atom is 0.237 e. The summed E-state index contributed by atoms with van der Waals surface area (Å²) in [6.07, 6.45) is 5.07. The van der Waals surface area contributed by atoms with E-state index in [1.54, 1.807) is 0 Å². The Bertz CT molecular complexity index is 191. The van der Waals surface area contributed by atoms with Crippen molar-refractivity contribution in [3.63, 3.8) is 0 Å². The molecule has 1 atom stereocenters. The Labute approximate surface area is 98.0 Å². The fourth-order valence-electron chi connectivity index (χ4n) is 1.98. The van der Waals surface area contributed by atoms with E-state index in [1.807, 2.05) is 6.92 Å². The van der Waals surface area contributed by atoms with Gasteiger partial charge >= 0.3 is 0 Å². The van der Waals surface area contributed by atoms with E-state index < -0.39 is 0 Å².